The lowest BCUT2D eigenvalue weighted by molar-refractivity contribution is -0.115. The summed E-state index contributed by atoms with van der Waals surface area (Å²) in [6.07, 6.45) is 0.574. The summed E-state index contributed by atoms with van der Waals surface area (Å²) >= 11 is 2.69. The molecule has 30 heavy (non-hydrogen) atoms. The molecule has 0 aliphatic rings. The van der Waals surface area contributed by atoms with Gasteiger partial charge < -0.3 is 9.88 Å². The number of rotatable bonds is 8. The lowest BCUT2D eigenvalue weighted by atomic mass is 10.3. The van der Waals surface area contributed by atoms with Crippen molar-refractivity contribution >= 4 is 44.0 Å². The maximum absolute atomic E-state index is 12.7. The highest BCUT2D eigenvalue weighted by atomic mass is 32.2. The summed E-state index contributed by atoms with van der Waals surface area (Å²) in [5, 5.41) is 11.7. The molecule has 0 spiro atoms. The Morgan fingerprint density at radius 3 is 2.53 bits per heavy atom. The number of hydrogen-bond acceptors (Lipinski definition) is 8. The second-order valence-corrected chi connectivity index (χ2v) is 11.1. The van der Waals surface area contributed by atoms with Crippen LogP contribution in [0.1, 0.15) is 29.7 Å². The van der Waals surface area contributed by atoms with Gasteiger partial charge in [0.05, 0.1) is 15.8 Å². The average Bonchev–Trinajstić information content (AvgIpc) is 3.21. The fourth-order valence-corrected chi connectivity index (χ4v) is 5.70. The molecule has 0 aliphatic heterocycles. The van der Waals surface area contributed by atoms with Gasteiger partial charge in [-0.05, 0) is 32.4 Å². The molecule has 0 aliphatic carbocycles. The first-order valence-corrected chi connectivity index (χ1v) is 12.6. The second-order valence-electron chi connectivity index (χ2n) is 6.69. The van der Waals surface area contributed by atoms with Crippen molar-refractivity contribution in [1.82, 2.24) is 19.7 Å². The summed E-state index contributed by atoms with van der Waals surface area (Å²) in [5.74, 6) is -0.109. The van der Waals surface area contributed by atoms with Gasteiger partial charge in [0.1, 0.15) is 11.6 Å². The molecule has 0 saturated heterocycles. The third-order valence-corrected chi connectivity index (χ3v) is 8.53. The number of sulfone groups is 1. The zero-order valence-corrected chi connectivity index (χ0v) is 19.6. The fourth-order valence-electron chi connectivity index (χ4n) is 2.62. The van der Waals surface area contributed by atoms with E-state index in [0.29, 0.717) is 22.5 Å². The van der Waals surface area contributed by atoms with Gasteiger partial charge in [-0.15, -0.1) is 21.5 Å². The van der Waals surface area contributed by atoms with E-state index in [2.05, 4.69) is 20.5 Å². The number of anilines is 1. The van der Waals surface area contributed by atoms with E-state index in [0.717, 1.165) is 10.6 Å². The molecule has 1 atom stereocenters. The Labute approximate surface area is 184 Å². The number of hydrogen-bond donors (Lipinski definition) is 1. The third kappa shape index (κ3) is 5.08. The first-order valence-electron chi connectivity index (χ1n) is 9.29. The van der Waals surface area contributed by atoms with Crippen LogP contribution in [0.2, 0.25) is 0 Å². The van der Waals surface area contributed by atoms with Crippen molar-refractivity contribution < 1.29 is 13.2 Å². The van der Waals surface area contributed by atoms with Gasteiger partial charge in [-0.3, -0.25) is 4.79 Å². The Bertz CT molecular complexity index is 1120. The molecule has 2 heterocycles. The molecule has 3 aromatic rings. The Morgan fingerprint density at radius 1 is 1.23 bits per heavy atom. The monoisotopic (exact) mass is 465 g/mol. The van der Waals surface area contributed by atoms with Gasteiger partial charge in [0.25, 0.3) is 0 Å². The molecular weight excluding hydrogens is 442 g/mol. The highest BCUT2D eigenvalue weighted by Gasteiger charge is 2.24. The highest BCUT2D eigenvalue weighted by Crippen LogP contribution is 2.27. The van der Waals surface area contributed by atoms with Crippen LogP contribution in [0.4, 0.5) is 5.13 Å². The summed E-state index contributed by atoms with van der Waals surface area (Å²) in [6.45, 7) is 5.77. The van der Waals surface area contributed by atoms with Crippen molar-refractivity contribution in [3.05, 3.63) is 46.7 Å². The van der Waals surface area contributed by atoms with Crippen LogP contribution in [-0.4, -0.2) is 39.3 Å². The number of nitrogens with zero attached hydrogens (tertiary/aromatic N) is 4. The molecule has 0 fully saturated rings. The van der Waals surface area contributed by atoms with Gasteiger partial charge in [0.2, 0.25) is 5.91 Å². The SMILES string of the molecule is CCC(Sc1nnc(CS(=O)(=O)c2ccccc2)n1C)C(=O)Nc1nc(C)c(C)s1. The average molecular weight is 466 g/mol. The number of nitrogens with one attached hydrogen (secondary N) is 1. The molecule has 2 aromatic heterocycles. The number of benzene rings is 1. The van der Waals surface area contributed by atoms with Crippen LogP contribution >= 0.6 is 23.1 Å². The van der Waals surface area contributed by atoms with Crippen LogP contribution in [0.25, 0.3) is 0 Å². The van der Waals surface area contributed by atoms with Crippen molar-refractivity contribution in [2.75, 3.05) is 5.32 Å². The van der Waals surface area contributed by atoms with E-state index in [1.165, 1.54) is 23.1 Å². The molecule has 8 nitrogen and oxygen atoms in total. The quantitative estimate of drug-likeness (QED) is 0.508. The molecule has 1 unspecified atom stereocenters. The van der Waals surface area contributed by atoms with E-state index in [1.54, 1.807) is 41.9 Å². The van der Waals surface area contributed by atoms with E-state index in [4.69, 9.17) is 0 Å². The molecule has 160 valence electrons. The highest BCUT2D eigenvalue weighted by molar-refractivity contribution is 8.00. The molecule has 1 N–H and O–H groups in total. The molecule has 1 aromatic carbocycles. The minimum atomic E-state index is -3.53. The van der Waals surface area contributed by atoms with Gasteiger partial charge in [-0.25, -0.2) is 13.4 Å². The Kier molecular flexibility index (Phi) is 6.94. The summed E-state index contributed by atoms with van der Waals surface area (Å²) in [5.41, 5.74) is 0.897. The smallest absolute Gasteiger partial charge is 0.239 e. The number of aryl methyl sites for hydroxylation is 2. The first kappa shape index (κ1) is 22.4. The summed E-state index contributed by atoms with van der Waals surface area (Å²) in [6, 6.07) is 8.24. The van der Waals surface area contributed by atoms with Crippen molar-refractivity contribution in [3.8, 4) is 0 Å². The van der Waals surface area contributed by atoms with Crippen molar-refractivity contribution in [2.45, 2.75) is 48.2 Å². The van der Waals surface area contributed by atoms with Crippen molar-refractivity contribution in [2.24, 2.45) is 7.05 Å². The molecular formula is C19H23N5O3S3. The van der Waals surface area contributed by atoms with Crippen LogP contribution < -0.4 is 5.32 Å². The maximum atomic E-state index is 12.7. The van der Waals surface area contributed by atoms with Gasteiger partial charge in [0.15, 0.2) is 20.1 Å². The summed E-state index contributed by atoms with van der Waals surface area (Å²) in [7, 11) is -1.83. The number of carbonyl (C=O) groups is 1. The molecule has 0 saturated carbocycles. The second kappa shape index (κ2) is 9.27. The minimum Gasteiger partial charge on any atom is -0.308 e. The number of thiazole rings is 1. The topological polar surface area (TPSA) is 107 Å². The predicted molar refractivity (Wildman–Crippen MR) is 118 cm³/mol. The van der Waals surface area contributed by atoms with E-state index < -0.39 is 15.1 Å². The lowest BCUT2D eigenvalue weighted by Crippen LogP contribution is -2.25. The Morgan fingerprint density at radius 2 is 1.93 bits per heavy atom. The number of thioether (sulfide) groups is 1. The number of amides is 1. The molecule has 3 rings (SSSR count). The molecule has 0 radical (unpaired) electrons. The van der Waals surface area contributed by atoms with Crippen LogP contribution in [0, 0.1) is 13.8 Å². The predicted octanol–water partition coefficient (Wildman–Crippen LogP) is 3.37. The standard InChI is InChI=1S/C19H23N5O3S3/c1-5-15(17(25)21-18-20-12(2)13(3)28-18)29-19-23-22-16(24(19)4)11-30(26,27)14-9-7-6-8-10-14/h6-10,15H,5,11H2,1-4H3,(H,20,21,25). The van der Waals surface area contributed by atoms with E-state index in [9.17, 15) is 13.2 Å². The largest absolute Gasteiger partial charge is 0.308 e. The van der Waals surface area contributed by atoms with Gasteiger partial charge in [-0.1, -0.05) is 36.9 Å². The van der Waals surface area contributed by atoms with Crippen LogP contribution in [0.15, 0.2) is 40.4 Å². The Balaban J connectivity index is 1.72. The Hall–Kier alpha value is -2.24. The van der Waals surface area contributed by atoms with E-state index in [-0.39, 0.29) is 16.6 Å². The fraction of sp³-hybridized carbons (Fsp3) is 0.368. The summed E-state index contributed by atoms with van der Waals surface area (Å²) < 4.78 is 26.9. The molecule has 0 bridgehead atoms. The first-order chi connectivity index (χ1) is 14.2. The van der Waals surface area contributed by atoms with E-state index in [1.807, 2.05) is 20.8 Å². The third-order valence-electron chi connectivity index (χ3n) is 4.52. The number of aromatic nitrogens is 4. The van der Waals surface area contributed by atoms with Crippen molar-refractivity contribution in [1.29, 1.82) is 0 Å². The van der Waals surface area contributed by atoms with Crippen LogP contribution in [0.5, 0.6) is 0 Å². The zero-order valence-electron chi connectivity index (χ0n) is 17.1. The normalized spacial score (nSPS) is 12.7. The summed E-state index contributed by atoms with van der Waals surface area (Å²) in [4.78, 5) is 18.3. The van der Waals surface area contributed by atoms with E-state index >= 15 is 0 Å². The van der Waals surface area contributed by atoms with Gasteiger partial charge in [0, 0.05) is 11.9 Å². The van der Waals surface area contributed by atoms with Gasteiger partial charge >= 0.3 is 0 Å². The van der Waals surface area contributed by atoms with Gasteiger partial charge in [-0.2, -0.15) is 0 Å². The maximum Gasteiger partial charge on any atom is 0.239 e. The zero-order chi connectivity index (χ0) is 21.9. The minimum absolute atomic E-state index is 0.169. The molecule has 1 amide bonds. The number of carbonyl (C=O) groups excluding carboxylic acids is 1. The van der Waals surface area contributed by atoms with Crippen molar-refractivity contribution in [3.63, 3.8) is 0 Å². The lowest BCUT2D eigenvalue weighted by Gasteiger charge is -2.13. The molecule has 11 heteroatoms. The van der Waals surface area contributed by atoms with Crippen LogP contribution in [0.3, 0.4) is 0 Å². The van der Waals surface area contributed by atoms with Crippen LogP contribution in [-0.2, 0) is 27.4 Å².